The highest BCUT2D eigenvalue weighted by Gasteiger charge is 2.25. The summed E-state index contributed by atoms with van der Waals surface area (Å²) in [6, 6.07) is 9.10. The van der Waals surface area contributed by atoms with Gasteiger partial charge in [0.05, 0.1) is 30.8 Å². The highest BCUT2D eigenvalue weighted by Crippen LogP contribution is 2.29. The van der Waals surface area contributed by atoms with Crippen LogP contribution in [0.2, 0.25) is 0 Å². The molecule has 160 valence electrons. The molecule has 1 unspecified atom stereocenters. The molecular formula is C21H27N4O5+. The van der Waals surface area contributed by atoms with Gasteiger partial charge in [0.25, 0.3) is 17.5 Å². The summed E-state index contributed by atoms with van der Waals surface area (Å²) in [4.78, 5) is 36.1. The lowest BCUT2D eigenvalue weighted by Crippen LogP contribution is -3.14. The smallest absolute Gasteiger partial charge is 0.282 e. The molecule has 0 aromatic heterocycles. The van der Waals surface area contributed by atoms with Crippen LogP contribution in [0.15, 0.2) is 36.4 Å². The van der Waals surface area contributed by atoms with Gasteiger partial charge < -0.3 is 20.3 Å². The predicted octanol–water partition coefficient (Wildman–Crippen LogP) is 1.70. The quantitative estimate of drug-likeness (QED) is 0.448. The molecule has 2 rings (SSSR count). The van der Waals surface area contributed by atoms with E-state index in [4.69, 9.17) is 4.74 Å². The Bertz CT molecular complexity index is 960. The number of rotatable bonds is 8. The van der Waals surface area contributed by atoms with Gasteiger partial charge in [0, 0.05) is 11.8 Å². The summed E-state index contributed by atoms with van der Waals surface area (Å²) in [7, 11) is 3.12. The van der Waals surface area contributed by atoms with Crippen molar-refractivity contribution in [2.45, 2.75) is 26.8 Å². The normalized spacial score (nSPS) is 12.6. The topological polar surface area (TPSA) is 115 Å². The highest BCUT2D eigenvalue weighted by molar-refractivity contribution is 5.96. The zero-order valence-corrected chi connectivity index (χ0v) is 17.7. The van der Waals surface area contributed by atoms with E-state index in [1.54, 1.807) is 14.0 Å². The molecule has 3 N–H and O–H groups in total. The fraction of sp³-hybridized carbons (Fsp3) is 0.333. The minimum Gasteiger partial charge on any atom is -0.494 e. The van der Waals surface area contributed by atoms with Crippen LogP contribution in [0.25, 0.3) is 0 Å². The number of nitrogens with one attached hydrogen (secondary N) is 3. The van der Waals surface area contributed by atoms with Gasteiger partial charge in [-0.1, -0.05) is 12.1 Å². The Hall–Kier alpha value is -3.46. The summed E-state index contributed by atoms with van der Waals surface area (Å²) in [5.41, 5.74) is 3.02. The number of hydrogen-bond acceptors (Lipinski definition) is 5. The number of carbonyl (C=O) groups is 2. The zero-order chi connectivity index (χ0) is 22.4. The van der Waals surface area contributed by atoms with E-state index in [0.717, 1.165) is 16.8 Å². The monoisotopic (exact) mass is 415 g/mol. The minimum atomic E-state index is -0.547. The van der Waals surface area contributed by atoms with Crippen LogP contribution in [0.1, 0.15) is 18.1 Å². The van der Waals surface area contributed by atoms with Gasteiger partial charge in [-0.15, -0.1) is 0 Å². The first-order valence-electron chi connectivity index (χ1n) is 9.45. The molecule has 0 aliphatic carbocycles. The highest BCUT2D eigenvalue weighted by atomic mass is 16.6. The van der Waals surface area contributed by atoms with Crippen molar-refractivity contribution in [3.8, 4) is 5.75 Å². The molecule has 0 spiro atoms. The number of benzene rings is 2. The van der Waals surface area contributed by atoms with Crippen molar-refractivity contribution in [2.75, 3.05) is 31.3 Å². The van der Waals surface area contributed by atoms with Crippen molar-refractivity contribution in [3.63, 3.8) is 0 Å². The molecule has 2 amide bonds. The molecule has 0 fully saturated rings. The molecule has 9 heteroatoms. The van der Waals surface area contributed by atoms with Gasteiger partial charge in [0.1, 0.15) is 5.75 Å². The largest absolute Gasteiger partial charge is 0.494 e. The van der Waals surface area contributed by atoms with E-state index >= 15 is 0 Å². The zero-order valence-electron chi connectivity index (χ0n) is 17.7. The first kappa shape index (κ1) is 22.8. The second-order valence-electron chi connectivity index (χ2n) is 7.17. The van der Waals surface area contributed by atoms with Crippen LogP contribution in [-0.4, -0.2) is 43.5 Å². The third-order valence-corrected chi connectivity index (χ3v) is 5.10. The molecule has 2 aromatic carbocycles. The van der Waals surface area contributed by atoms with Crippen LogP contribution >= 0.6 is 0 Å². The van der Waals surface area contributed by atoms with Crippen molar-refractivity contribution >= 4 is 28.9 Å². The average Bonchev–Trinajstić information content (AvgIpc) is 2.70. The van der Waals surface area contributed by atoms with Crippen LogP contribution in [0, 0.1) is 24.0 Å². The summed E-state index contributed by atoms with van der Waals surface area (Å²) in [6.45, 7) is 5.71. The molecule has 2 aromatic rings. The van der Waals surface area contributed by atoms with Crippen molar-refractivity contribution in [3.05, 3.63) is 57.6 Å². The predicted molar refractivity (Wildman–Crippen MR) is 114 cm³/mol. The fourth-order valence-electron chi connectivity index (χ4n) is 2.85. The van der Waals surface area contributed by atoms with E-state index < -0.39 is 11.0 Å². The van der Waals surface area contributed by atoms with Gasteiger partial charge in [0.15, 0.2) is 12.6 Å². The van der Waals surface area contributed by atoms with E-state index in [9.17, 15) is 19.7 Å². The molecule has 30 heavy (non-hydrogen) atoms. The van der Waals surface area contributed by atoms with Gasteiger partial charge in [-0.05, 0) is 44.0 Å². The maximum absolute atomic E-state index is 12.6. The van der Waals surface area contributed by atoms with Crippen molar-refractivity contribution in [1.82, 2.24) is 0 Å². The Labute approximate surface area is 175 Å². The van der Waals surface area contributed by atoms with Gasteiger partial charge in [0.2, 0.25) is 0 Å². The van der Waals surface area contributed by atoms with Crippen LogP contribution in [-0.2, 0) is 9.59 Å². The van der Waals surface area contributed by atoms with Crippen molar-refractivity contribution in [1.29, 1.82) is 0 Å². The van der Waals surface area contributed by atoms with E-state index in [0.29, 0.717) is 10.6 Å². The Kier molecular flexibility index (Phi) is 7.48. The number of amides is 2. The van der Waals surface area contributed by atoms with Gasteiger partial charge in [-0.3, -0.25) is 19.7 Å². The van der Waals surface area contributed by atoms with E-state index in [2.05, 4.69) is 10.6 Å². The SMILES string of the molecule is COc1cc([N+](=O)[O-])ccc1NC(=O)[C@H](C)[NH+](C)CC(=O)Nc1cccc(C)c1C. The summed E-state index contributed by atoms with van der Waals surface area (Å²) < 4.78 is 5.14. The maximum Gasteiger partial charge on any atom is 0.282 e. The second-order valence-corrected chi connectivity index (χ2v) is 7.17. The number of aryl methyl sites for hydroxylation is 1. The number of hydrogen-bond donors (Lipinski definition) is 3. The maximum atomic E-state index is 12.6. The molecule has 9 nitrogen and oxygen atoms in total. The number of methoxy groups -OCH3 is 1. The second kappa shape index (κ2) is 9.84. The third kappa shape index (κ3) is 5.54. The number of nitro benzene ring substituents is 1. The van der Waals surface area contributed by atoms with Crippen molar-refractivity contribution in [2.24, 2.45) is 0 Å². The fourth-order valence-corrected chi connectivity index (χ4v) is 2.85. The number of anilines is 2. The van der Waals surface area contributed by atoms with Gasteiger partial charge >= 0.3 is 0 Å². The van der Waals surface area contributed by atoms with Crippen LogP contribution in [0.3, 0.4) is 0 Å². The number of nitro groups is 1. The third-order valence-electron chi connectivity index (χ3n) is 5.10. The lowest BCUT2D eigenvalue weighted by molar-refractivity contribution is -0.885. The van der Waals surface area contributed by atoms with Crippen LogP contribution < -0.4 is 20.3 Å². The molecule has 0 heterocycles. The molecule has 0 saturated carbocycles. The number of ether oxygens (including phenoxy) is 1. The van der Waals surface area contributed by atoms with Gasteiger partial charge in [-0.2, -0.15) is 0 Å². The standard InChI is InChI=1S/C21H26N4O5/c1-13-7-6-8-17(14(13)2)22-20(26)12-24(4)15(3)21(27)23-18-10-9-16(25(28)29)11-19(18)30-5/h6-11,15H,12H2,1-5H3,(H,22,26)(H,23,27)/p+1/t15-/m0/s1. The number of non-ortho nitro benzene ring substituents is 1. The molecule has 0 saturated heterocycles. The van der Waals surface area contributed by atoms with Gasteiger partial charge in [-0.25, -0.2) is 0 Å². The Morgan fingerprint density at radius 1 is 1.17 bits per heavy atom. The Morgan fingerprint density at radius 2 is 1.87 bits per heavy atom. The number of quaternary nitrogens is 1. The van der Waals surface area contributed by atoms with E-state index in [1.165, 1.54) is 25.3 Å². The molecule has 2 atom stereocenters. The van der Waals surface area contributed by atoms with Crippen molar-refractivity contribution < 1.29 is 24.1 Å². The molecule has 0 bridgehead atoms. The molecule has 0 aliphatic rings. The number of carbonyl (C=O) groups excluding carboxylic acids is 2. The summed E-state index contributed by atoms with van der Waals surface area (Å²) in [5, 5.41) is 16.5. The molecule has 0 aliphatic heterocycles. The Morgan fingerprint density at radius 3 is 2.50 bits per heavy atom. The first-order valence-corrected chi connectivity index (χ1v) is 9.45. The summed E-state index contributed by atoms with van der Waals surface area (Å²) >= 11 is 0. The molecule has 0 radical (unpaired) electrons. The lowest BCUT2D eigenvalue weighted by Gasteiger charge is -2.21. The van der Waals surface area contributed by atoms with Crippen LogP contribution in [0.5, 0.6) is 5.75 Å². The number of nitrogens with zero attached hydrogens (tertiary/aromatic N) is 1. The van der Waals surface area contributed by atoms with E-state index in [1.807, 2.05) is 32.0 Å². The average molecular weight is 415 g/mol. The van der Waals surface area contributed by atoms with E-state index in [-0.39, 0.29) is 29.8 Å². The molecular weight excluding hydrogens is 388 g/mol. The lowest BCUT2D eigenvalue weighted by atomic mass is 10.1. The van der Waals surface area contributed by atoms with Crippen LogP contribution in [0.4, 0.5) is 17.1 Å². The first-order chi connectivity index (χ1) is 14.1. The minimum absolute atomic E-state index is 0.0966. The summed E-state index contributed by atoms with van der Waals surface area (Å²) in [6.07, 6.45) is 0. The summed E-state index contributed by atoms with van der Waals surface area (Å²) in [5.74, 6) is -0.344. The number of likely N-dealkylation sites (N-methyl/N-ethyl adjacent to an activating group) is 1. The Balaban J connectivity index is 2.01.